The van der Waals surface area contributed by atoms with E-state index in [4.69, 9.17) is 4.43 Å². The van der Waals surface area contributed by atoms with E-state index in [2.05, 4.69) is 60.9 Å². The lowest BCUT2D eigenvalue weighted by Crippen LogP contribution is -2.51. The minimum absolute atomic E-state index is 0.170. The topological polar surface area (TPSA) is 36.3 Å². The van der Waals surface area contributed by atoms with Crippen molar-refractivity contribution in [1.29, 1.82) is 5.26 Å². The fraction of sp³-hybridized carbons (Fsp3) is 0.611. The lowest BCUT2D eigenvalue weighted by Gasteiger charge is -2.42. The molecule has 2 fully saturated rings. The number of piperidine rings is 1. The predicted molar refractivity (Wildman–Crippen MR) is 90.7 cm³/mol. The Morgan fingerprint density at radius 1 is 1.18 bits per heavy atom. The Kier molecular flexibility index (Phi) is 4.40. The molecule has 2 aliphatic rings. The van der Waals surface area contributed by atoms with E-state index in [0.29, 0.717) is 18.2 Å². The van der Waals surface area contributed by atoms with E-state index < -0.39 is 8.32 Å². The molecule has 3 rings (SSSR count). The van der Waals surface area contributed by atoms with Gasteiger partial charge >= 0.3 is 0 Å². The van der Waals surface area contributed by atoms with E-state index in [9.17, 15) is 5.26 Å². The molecule has 0 N–H and O–H groups in total. The van der Waals surface area contributed by atoms with Crippen molar-refractivity contribution in [2.24, 2.45) is 5.92 Å². The molecule has 22 heavy (non-hydrogen) atoms. The van der Waals surface area contributed by atoms with Gasteiger partial charge in [0.2, 0.25) is 0 Å². The van der Waals surface area contributed by atoms with E-state index in [1.54, 1.807) is 0 Å². The van der Waals surface area contributed by atoms with Crippen LogP contribution in [0.1, 0.15) is 24.8 Å². The summed E-state index contributed by atoms with van der Waals surface area (Å²) in [6.45, 7) is 7.73. The molecule has 0 aromatic heterocycles. The first kappa shape index (κ1) is 15.7. The molecule has 0 spiro atoms. The van der Waals surface area contributed by atoms with Crippen LogP contribution in [0.15, 0.2) is 30.3 Å². The van der Waals surface area contributed by atoms with Crippen LogP contribution in [0.3, 0.4) is 0 Å². The normalized spacial score (nSPS) is 31.9. The van der Waals surface area contributed by atoms with Gasteiger partial charge in [0.05, 0.1) is 18.1 Å². The number of nitriles is 1. The summed E-state index contributed by atoms with van der Waals surface area (Å²) in [7, 11) is -1.55. The molecule has 2 bridgehead atoms. The van der Waals surface area contributed by atoms with Crippen LogP contribution in [0.2, 0.25) is 19.6 Å². The number of fused-ring (bicyclic) bond motifs is 2. The second kappa shape index (κ2) is 6.15. The summed E-state index contributed by atoms with van der Waals surface area (Å²) in [5.74, 6) is 0.170. The number of nitrogens with zero attached hydrogens (tertiary/aromatic N) is 2. The zero-order valence-corrected chi connectivity index (χ0v) is 14.8. The van der Waals surface area contributed by atoms with Crippen LogP contribution >= 0.6 is 0 Å². The summed E-state index contributed by atoms with van der Waals surface area (Å²) in [6.07, 6.45) is 3.49. The molecule has 0 amide bonds. The highest BCUT2D eigenvalue weighted by Crippen LogP contribution is 2.42. The Hall–Kier alpha value is -1.15. The summed E-state index contributed by atoms with van der Waals surface area (Å²) < 4.78 is 6.46. The van der Waals surface area contributed by atoms with Crippen molar-refractivity contribution in [3.8, 4) is 6.07 Å². The molecule has 0 radical (unpaired) electrons. The first-order valence-electron chi connectivity index (χ1n) is 8.35. The van der Waals surface area contributed by atoms with Crippen LogP contribution in [0.4, 0.5) is 0 Å². The Morgan fingerprint density at radius 2 is 1.91 bits per heavy atom. The fourth-order valence-electron chi connectivity index (χ4n) is 4.05. The van der Waals surface area contributed by atoms with Gasteiger partial charge in [-0.15, -0.1) is 0 Å². The Balaban J connectivity index is 1.80. The second-order valence-corrected chi connectivity index (χ2v) is 12.1. The molecule has 2 saturated heterocycles. The van der Waals surface area contributed by atoms with Gasteiger partial charge in [0.25, 0.3) is 0 Å². The van der Waals surface area contributed by atoms with Gasteiger partial charge in [0.1, 0.15) is 0 Å². The average Bonchev–Trinajstić information content (AvgIpc) is 2.70. The average molecular weight is 315 g/mol. The van der Waals surface area contributed by atoms with E-state index in [0.717, 1.165) is 25.8 Å². The Labute approximate surface area is 135 Å². The highest BCUT2D eigenvalue weighted by molar-refractivity contribution is 6.69. The van der Waals surface area contributed by atoms with Crippen molar-refractivity contribution in [3.05, 3.63) is 35.9 Å². The zero-order chi connectivity index (χ0) is 15.7. The van der Waals surface area contributed by atoms with Crippen LogP contribution < -0.4 is 0 Å². The SMILES string of the molecule is C[Si](C)(C)O[C@H]1CC[C@@H]2[C@H](C#N)C[C@H]1N2Cc1ccccc1. The highest BCUT2D eigenvalue weighted by Gasteiger charge is 2.49. The molecule has 2 aliphatic heterocycles. The molecule has 1 aromatic carbocycles. The van der Waals surface area contributed by atoms with E-state index in [-0.39, 0.29) is 5.92 Å². The van der Waals surface area contributed by atoms with Crippen molar-refractivity contribution >= 4 is 8.32 Å². The summed E-state index contributed by atoms with van der Waals surface area (Å²) in [6, 6.07) is 14.0. The Bertz CT molecular complexity index is 548. The molecule has 0 saturated carbocycles. The first-order chi connectivity index (χ1) is 10.5. The molecular weight excluding hydrogens is 288 g/mol. The number of rotatable bonds is 4. The molecule has 1 aromatic rings. The van der Waals surface area contributed by atoms with Crippen LogP contribution in [-0.2, 0) is 11.0 Å². The molecule has 3 nitrogen and oxygen atoms in total. The van der Waals surface area contributed by atoms with E-state index in [1.165, 1.54) is 5.56 Å². The van der Waals surface area contributed by atoms with Gasteiger partial charge in [-0.1, -0.05) is 30.3 Å². The largest absolute Gasteiger partial charge is 0.413 e. The zero-order valence-electron chi connectivity index (χ0n) is 13.8. The van der Waals surface area contributed by atoms with E-state index in [1.807, 2.05) is 0 Å². The monoisotopic (exact) mass is 314 g/mol. The summed E-state index contributed by atoms with van der Waals surface area (Å²) in [5.41, 5.74) is 1.34. The minimum atomic E-state index is -1.55. The summed E-state index contributed by atoms with van der Waals surface area (Å²) in [4.78, 5) is 2.55. The van der Waals surface area contributed by atoms with Crippen molar-refractivity contribution in [1.82, 2.24) is 4.90 Å². The molecular formula is C18H26N2OSi. The van der Waals surface area contributed by atoms with Crippen molar-refractivity contribution in [2.45, 2.75) is 63.6 Å². The van der Waals surface area contributed by atoms with Gasteiger partial charge in [-0.3, -0.25) is 4.90 Å². The third-order valence-corrected chi connectivity index (χ3v) is 5.88. The van der Waals surface area contributed by atoms with Gasteiger partial charge in [0, 0.05) is 18.6 Å². The molecule has 4 atom stereocenters. The van der Waals surface area contributed by atoms with Crippen LogP contribution in [-0.4, -0.2) is 31.4 Å². The quantitative estimate of drug-likeness (QED) is 0.794. The maximum atomic E-state index is 9.51. The van der Waals surface area contributed by atoms with Gasteiger partial charge in [-0.2, -0.15) is 5.26 Å². The third kappa shape index (κ3) is 3.27. The van der Waals surface area contributed by atoms with Crippen molar-refractivity contribution < 1.29 is 4.43 Å². The maximum Gasteiger partial charge on any atom is 0.184 e. The minimum Gasteiger partial charge on any atom is -0.413 e. The van der Waals surface area contributed by atoms with Crippen molar-refractivity contribution in [2.75, 3.05) is 0 Å². The molecule has 2 heterocycles. The number of benzene rings is 1. The fourth-order valence-corrected chi connectivity index (χ4v) is 5.23. The van der Waals surface area contributed by atoms with Crippen LogP contribution in [0.5, 0.6) is 0 Å². The smallest absolute Gasteiger partial charge is 0.184 e. The van der Waals surface area contributed by atoms with Gasteiger partial charge in [0.15, 0.2) is 8.32 Å². The van der Waals surface area contributed by atoms with Crippen molar-refractivity contribution in [3.63, 3.8) is 0 Å². The number of hydrogen-bond donors (Lipinski definition) is 0. The standard InChI is InChI=1S/C18H26N2OSi/c1-22(2,3)21-18-10-9-16-15(12-19)11-17(18)20(16)13-14-7-5-4-6-8-14/h4-8,15-18H,9-11,13H2,1-3H3/t15-,16+,17+,18-/m0/s1. The first-order valence-corrected chi connectivity index (χ1v) is 11.8. The van der Waals surface area contributed by atoms with E-state index >= 15 is 0 Å². The highest BCUT2D eigenvalue weighted by atomic mass is 28.4. The summed E-state index contributed by atoms with van der Waals surface area (Å²) in [5, 5.41) is 9.51. The number of hydrogen-bond acceptors (Lipinski definition) is 3. The maximum absolute atomic E-state index is 9.51. The molecule has 0 unspecified atom stereocenters. The van der Waals surface area contributed by atoms with Gasteiger partial charge < -0.3 is 4.43 Å². The molecule has 118 valence electrons. The lowest BCUT2D eigenvalue weighted by atomic mass is 9.97. The van der Waals surface area contributed by atoms with Crippen LogP contribution in [0.25, 0.3) is 0 Å². The Morgan fingerprint density at radius 3 is 2.55 bits per heavy atom. The molecule has 4 heteroatoms. The molecule has 0 aliphatic carbocycles. The van der Waals surface area contributed by atoms with Gasteiger partial charge in [-0.25, -0.2) is 0 Å². The predicted octanol–water partition coefficient (Wildman–Crippen LogP) is 3.78. The third-order valence-electron chi connectivity index (χ3n) is 4.87. The second-order valence-electron chi connectivity index (χ2n) is 7.61. The van der Waals surface area contributed by atoms with Gasteiger partial charge in [-0.05, 0) is 44.5 Å². The van der Waals surface area contributed by atoms with Crippen LogP contribution in [0, 0.1) is 17.2 Å². The summed E-state index contributed by atoms with van der Waals surface area (Å²) >= 11 is 0. The lowest BCUT2D eigenvalue weighted by molar-refractivity contribution is 0.0186.